The number of fused-ring (bicyclic) bond motifs is 1. The minimum absolute atomic E-state index is 0.167. The van der Waals surface area contributed by atoms with Gasteiger partial charge < -0.3 is 4.90 Å². The van der Waals surface area contributed by atoms with Crippen LogP contribution in [-0.4, -0.2) is 33.4 Å². The lowest BCUT2D eigenvalue weighted by Crippen LogP contribution is -2.42. The molecule has 0 bridgehead atoms. The molecule has 2 aromatic heterocycles. The monoisotopic (exact) mass is 375 g/mol. The summed E-state index contributed by atoms with van der Waals surface area (Å²) in [6, 6.07) is 13.5. The molecule has 1 aliphatic rings. The molecular formula is C23H25N3O2. The van der Waals surface area contributed by atoms with Crippen molar-refractivity contribution in [1.29, 1.82) is 0 Å². The van der Waals surface area contributed by atoms with Gasteiger partial charge in [-0.15, -0.1) is 0 Å². The number of rotatable bonds is 3. The van der Waals surface area contributed by atoms with E-state index in [0.717, 1.165) is 23.8 Å². The van der Waals surface area contributed by atoms with Crippen LogP contribution in [0.3, 0.4) is 0 Å². The van der Waals surface area contributed by atoms with E-state index in [9.17, 15) is 9.59 Å². The molecule has 28 heavy (non-hydrogen) atoms. The number of hydrogen-bond donors (Lipinski definition) is 0. The van der Waals surface area contributed by atoms with Crippen molar-refractivity contribution in [3.8, 4) is 0 Å². The molecule has 4 rings (SSSR count). The third kappa shape index (κ3) is 3.57. The molecule has 144 valence electrons. The van der Waals surface area contributed by atoms with Crippen LogP contribution in [0.15, 0.2) is 53.5 Å². The maximum absolute atomic E-state index is 13.3. The zero-order valence-electron chi connectivity index (χ0n) is 16.4. The molecule has 1 fully saturated rings. The first-order valence-electron chi connectivity index (χ1n) is 9.86. The number of likely N-dealkylation sites (tertiary alicyclic amines) is 1. The number of nitrogens with zero attached hydrogens (tertiary/aromatic N) is 3. The Morgan fingerprint density at radius 2 is 2.00 bits per heavy atom. The molecule has 3 heterocycles. The zero-order valence-corrected chi connectivity index (χ0v) is 16.4. The SMILES string of the molecule is Cc1ccc(Cn2c(=O)c(C(=O)N3CCCC(C)C3)cc3cccnc32)cc1. The van der Waals surface area contributed by atoms with E-state index in [1.165, 1.54) is 5.56 Å². The smallest absolute Gasteiger partial charge is 0.265 e. The topological polar surface area (TPSA) is 55.2 Å². The van der Waals surface area contributed by atoms with Crippen molar-refractivity contribution < 1.29 is 4.79 Å². The van der Waals surface area contributed by atoms with E-state index in [2.05, 4.69) is 11.9 Å². The number of aromatic nitrogens is 2. The van der Waals surface area contributed by atoms with Gasteiger partial charge in [-0.05, 0) is 49.4 Å². The molecule has 5 heteroatoms. The number of carbonyl (C=O) groups is 1. The van der Waals surface area contributed by atoms with Gasteiger partial charge in [0.1, 0.15) is 11.2 Å². The van der Waals surface area contributed by atoms with Crippen LogP contribution in [0, 0.1) is 12.8 Å². The summed E-state index contributed by atoms with van der Waals surface area (Å²) in [6.07, 6.45) is 3.80. The predicted molar refractivity (Wildman–Crippen MR) is 111 cm³/mol. The Labute approximate surface area is 164 Å². The maximum atomic E-state index is 13.3. The summed E-state index contributed by atoms with van der Waals surface area (Å²) >= 11 is 0. The van der Waals surface area contributed by atoms with Crippen molar-refractivity contribution in [2.24, 2.45) is 5.92 Å². The molecule has 5 nitrogen and oxygen atoms in total. The van der Waals surface area contributed by atoms with Gasteiger partial charge in [0.2, 0.25) is 0 Å². The van der Waals surface area contributed by atoms with Crippen molar-refractivity contribution in [1.82, 2.24) is 14.5 Å². The highest BCUT2D eigenvalue weighted by Gasteiger charge is 2.25. The first-order valence-corrected chi connectivity index (χ1v) is 9.86. The van der Waals surface area contributed by atoms with Gasteiger partial charge in [0.25, 0.3) is 11.5 Å². The Morgan fingerprint density at radius 1 is 1.21 bits per heavy atom. The second-order valence-corrected chi connectivity index (χ2v) is 7.85. The molecule has 0 N–H and O–H groups in total. The normalized spacial score (nSPS) is 17.1. The average Bonchev–Trinajstić information content (AvgIpc) is 2.71. The highest BCUT2D eigenvalue weighted by Crippen LogP contribution is 2.19. The van der Waals surface area contributed by atoms with E-state index in [4.69, 9.17) is 0 Å². The third-order valence-corrected chi connectivity index (χ3v) is 5.48. The molecular weight excluding hydrogens is 350 g/mol. The van der Waals surface area contributed by atoms with Crippen molar-refractivity contribution in [2.45, 2.75) is 33.2 Å². The largest absolute Gasteiger partial charge is 0.338 e. The van der Waals surface area contributed by atoms with Crippen LogP contribution in [-0.2, 0) is 6.54 Å². The number of amides is 1. The van der Waals surface area contributed by atoms with Crippen LogP contribution in [0.1, 0.15) is 41.3 Å². The molecule has 0 spiro atoms. The Balaban J connectivity index is 1.79. The summed E-state index contributed by atoms with van der Waals surface area (Å²) in [5.41, 5.74) is 2.76. The molecule has 1 unspecified atom stereocenters. The van der Waals surface area contributed by atoms with Gasteiger partial charge >= 0.3 is 0 Å². The van der Waals surface area contributed by atoms with Gasteiger partial charge in [-0.1, -0.05) is 36.8 Å². The Bertz CT molecular complexity index is 1070. The van der Waals surface area contributed by atoms with Gasteiger partial charge in [0.05, 0.1) is 6.54 Å². The van der Waals surface area contributed by atoms with Crippen LogP contribution < -0.4 is 5.56 Å². The number of piperidine rings is 1. The molecule has 0 aliphatic carbocycles. The van der Waals surface area contributed by atoms with E-state index in [1.807, 2.05) is 48.2 Å². The third-order valence-electron chi connectivity index (χ3n) is 5.48. The van der Waals surface area contributed by atoms with Crippen molar-refractivity contribution in [3.05, 3.63) is 75.7 Å². The maximum Gasteiger partial charge on any atom is 0.265 e. The molecule has 1 atom stereocenters. The fourth-order valence-electron chi connectivity index (χ4n) is 3.93. The van der Waals surface area contributed by atoms with Crippen LogP contribution in [0.25, 0.3) is 11.0 Å². The summed E-state index contributed by atoms with van der Waals surface area (Å²) < 4.78 is 1.63. The van der Waals surface area contributed by atoms with Crippen LogP contribution in [0.5, 0.6) is 0 Å². The summed E-state index contributed by atoms with van der Waals surface area (Å²) in [7, 11) is 0. The molecule has 0 radical (unpaired) electrons. The first-order chi connectivity index (χ1) is 13.5. The van der Waals surface area contributed by atoms with Crippen LogP contribution in [0.4, 0.5) is 0 Å². The van der Waals surface area contributed by atoms with Crippen LogP contribution >= 0.6 is 0 Å². The highest BCUT2D eigenvalue weighted by molar-refractivity contribution is 5.97. The number of hydrogen-bond acceptors (Lipinski definition) is 3. The molecule has 1 amide bonds. The second kappa shape index (κ2) is 7.58. The lowest BCUT2D eigenvalue weighted by atomic mass is 9.99. The highest BCUT2D eigenvalue weighted by atomic mass is 16.2. The fraction of sp³-hybridized carbons (Fsp3) is 0.348. The van der Waals surface area contributed by atoms with Crippen LogP contribution in [0.2, 0.25) is 0 Å². The predicted octanol–water partition coefficient (Wildman–Crippen LogP) is 3.63. The van der Waals surface area contributed by atoms with Crippen molar-refractivity contribution >= 4 is 16.9 Å². The van der Waals surface area contributed by atoms with Gasteiger partial charge in [-0.3, -0.25) is 14.2 Å². The van der Waals surface area contributed by atoms with Gasteiger partial charge in [0.15, 0.2) is 0 Å². The fourth-order valence-corrected chi connectivity index (χ4v) is 3.93. The Kier molecular flexibility index (Phi) is 4.99. The molecule has 1 saturated heterocycles. The van der Waals surface area contributed by atoms with Crippen molar-refractivity contribution in [3.63, 3.8) is 0 Å². The number of benzene rings is 1. The minimum Gasteiger partial charge on any atom is -0.338 e. The quantitative estimate of drug-likeness (QED) is 0.702. The van der Waals surface area contributed by atoms with E-state index < -0.39 is 0 Å². The molecule has 1 aromatic carbocycles. The molecule has 0 saturated carbocycles. The number of pyridine rings is 2. The van der Waals surface area contributed by atoms with Crippen molar-refractivity contribution in [2.75, 3.05) is 13.1 Å². The summed E-state index contributed by atoms with van der Waals surface area (Å²) in [5.74, 6) is 0.301. The Hall–Kier alpha value is -2.95. The number of carbonyl (C=O) groups excluding carboxylic acids is 1. The summed E-state index contributed by atoms with van der Waals surface area (Å²) in [5, 5.41) is 0.808. The van der Waals surface area contributed by atoms with E-state index in [0.29, 0.717) is 31.2 Å². The zero-order chi connectivity index (χ0) is 19.7. The van der Waals surface area contributed by atoms with E-state index in [-0.39, 0.29) is 17.0 Å². The van der Waals surface area contributed by atoms with Gasteiger partial charge in [-0.2, -0.15) is 0 Å². The minimum atomic E-state index is -0.269. The second-order valence-electron chi connectivity index (χ2n) is 7.85. The van der Waals surface area contributed by atoms with Gasteiger partial charge in [0, 0.05) is 24.7 Å². The first kappa shape index (κ1) is 18.4. The molecule has 3 aromatic rings. The lowest BCUT2D eigenvalue weighted by Gasteiger charge is -2.31. The number of aryl methyl sites for hydroxylation is 1. The lowest BCUT2D eigenvalue weighted by molar-refractivity contribution is 0.0681. The summed E-state index contributed by atoms with van der Waals surface area (Å²) in [6.45, 7) is 6.00. The van der Waals surface area contributed by atoms with E-state index >= 15 is 0 Å². The van der Waals surface area contributed by atoms with Gasteiger partial charge in [-0.25, -0.2) is 4.98 Å². The summed E-state index contributed by atoms with van der Waals surface area (Å²) in [4.78, 5) is 32.7. The average molecular weight is 375 g/mol. The standard InChI is InChI=1S/C23H25N3O2/c1-16-7-9-18(10-8-16)15-26-21-19(6-3-11-24-21)13-20(23(26)28)22(27)25-12-4-5-17(2)14-25/h3,6-11,13,17H,4-5,12,14-15H2,1-2H3. The van der Waals surface area contributed by atoms with E-state index in [1.54, 1.807) is 16.8 Å². The molecule has 1 aliphatic heterocycles. The Morgan fingerprint density at radius 3 is 2.75 bits per heavy atom.